The van der Waals surface area contributed by atoms with Gasteiger partial charge in [-0.15, -0.1) is 0 Å². The van der Waals surface area contributed by atoms with Crippen molar-refractivity contribution < 1.29 is 18.7 Å². The molecule has 0 saturated carbocycles. The monoisotopic (exact) mass is 233 g/mol. The van der Waals surface area contributed by atoms with E-state index in [1.807, 2.05) is 0 Å². The standard InChI is InChI=1S/C12H11NO4/c1-15-8-4-7-10-6(3-9(14)13-7)5-17-12(10)11(8)16-2/h4-5H,3H2,1-2H3,(H,13,14). The minimum atomic E-state index is -0.0487. The predicted octanol–water partition coefficient (Wildman–Crippen LogP) is 1.94. The Bertz CT molecular complexity index is 614. The number of rotatable bonds is 2. The predicted molar refractivity (Wildman–Crippen MR) is 61.7 cm³/mol. The summed E-state index contributed by atoms with van der Waals surface area (Å²) in [6, 6.07) is 1.75. The molecule has 5 nitrogen and oxygen atoms in total. The summed E-state index contributed by atoms with van der Waals surface area (Å²) in [6.45, 7) is 0. The second-order valence-corrected chi connectivity index (χ2v) is 3.85. The molecule has 1 aliphatic rings. The highest BCUT2D eigenvalue weighted by molar-refractivity contribution is 6.10. The molecule has 2 aromatic rings. The summed E-state index contributed by atoms with van der Waals surface area (Å²) in [5, 5.41) is 3.69. The zero-order valence-electron chi connectivity index (χ0n) is 9.49. The Balaban J connectivity index is 2.38. The Hall–Kier alpha value is -2.17. The molecule has 0 fully saturated rings. The summed E-state index contributed by atoms with van der Waals surface area (Å²) in [5.74, 6) is 1.04. The van der Waals surface area contributed by atoms with Crippen molar-refractivity contribution in [3.8, 4) is 11.5 Å². The van der Waals surface area contributed by atoms with E-state index in [9.17, 15) is 4.79 Å². The van der Waals surface area contributed by atoms with Gasteiger partial charge in [0.15, 0.2) is 11.3 Å². The van der Waals surface area contributed by atoms with Crippen molar-refractivity contribution in [3.63, 3.8) is 0 Å². The van der Waals surface area contributed by atoms with E-state index in [4.69, 9.17) is 13.9 Å². The lowest BCUT2D eigenvalue weighted by Crippen LogP contribution is -2.18. The van der Waals surface area contributed by atoms with Crippen LogP contribution in [0.2, 0.25) is 0 Å². The fraction of sp³-hybridized carbons (Fsp3) is 0.250. The first-order valence-corrected chi connectivity index (χ1v) is 5.19. The number of hydrogen-bond acceptors (Lipinski definition) is 4. The normalized spacial score (nSPS) is 13.6. The number of carbonyl (C=O) groups excluding carboxylic acids is 1. The first-order chi connectivity index (χ1) is 8.24. The van der Waals surface area contributed by atoms with E-state index in [2.05, 4.69) is 5.32 Å². The van der Waals surface area contributed by atoms with Crippen molar-refractivity contribution in [2.24, 2.45) is 0 Å². The van der Waals surface area contributed by atoms with Crippen molar-refractivity contribution in [3.05, 3.63) is 17.9 Å². The van der Waals surface area contributed by atoms with Crippen molar-refractivity contribution in [1.82, 2.24) is 0 Å². The second-order valence-electron chi connectivity index (χ2n) is 3.85. The van der Waals surface area contributed by atoms with Gasteiger partial charge in [0.1, 0.15) is 0 Å². The molecule has 1 N–H and O–H groups in total. The minimum absolute atomic E-state index is 0.0487. The van der Waals surface area contributed by atoms with Gasteiger partial charge in [-0.1, -0.05) is 0 Å². The first kappa shape index (κ1) is 10.0. The van der Waals surface area contributed by atoms with Gasteiger partial charge < -0.3 is 19.2 Å². The summed E-state index contributed by atoms with van der Waals surface area (Å²) >= 11 is 0. The summed E-state index contributed by atoms with van der Waals surface area (Å²) in [5.41, 5.74) is 2.19. The van der Waals surface area contributed by atoms with Gasteiger partial charge in [0.2, 0.25) is 11.7 Å². The Kier molecular flexibility index (Phi) is 2.01. The molecule has 0 bridgehead atoms. The van der Waals surface area contributed by atoms with Crippen LogP contribution in [0.15, 0.2) is 16.7 Å². The van der Waals surface area contributed by atoms with Gasteiger partial charge in [-0.05, 0) is 0 Å². The number of benzene rings is 1. The number of furan rings is 1. The van der Waals surface area contributed by atoms with E-state index in [1.54, 1.807) is 26.5 Å². The molecule has 5 heteroatoms. The first-order valence-electron chi connectivity index (χ1n) is 5.19. The minimum Gasteiger partial charge on any atom is -0.493 e. The van der Waals surface area contributed by atoms with Crippen molar-refractivity contribution in [2.75, 3.05) is 19.5 Å². The van der Waals surface area contributed by atoms with Crippen molar-refractivity contribution in [1.29, 1.82) is 0 Å². The summed E-state index contributed by atoms with van der Waals surface area (Å²) < 4.78 is 16.0. The van der Waals surface area contributed by atoms with Gasteiger partial charge >= 0.3 is 0 Å². The highest BCUT2D eigenvalue weighted by atomic mass is 16.5. The molecule has 88 valence electrons. The van der Waals surface area contributed by atoms with Crippen LogP contribution in [0.4, 0.5) is 5.69 Å². The molecular formula is C12H11NO4. The molecule has 0 unspecified atom stereocenters. The smallest absolute Gasteiger partial charge is 0.228 e. The molecule has 1 amide bonds. The molecule has 17 heavy (non-hydrogen) atoms. The maximum absolute atomic E-state index is 11.5. The average Bonchev–Trinajstić information content (AvgIpc) is 2.73. The second kappa shape index (κ2) is 3.41. The van der Waals surface area contributed by atoms with Crippen LogP contribution in [-0.4, -0.2) is 20.1 Å². The fourth-order valence-electron chi connectivity index (χ4n) is 2.18. The molecule has 0 spiro atoms. The van der Waals surface area contributed by atoms with Crippen LogP contribution in [0.25, 0.3) is 11.0 Å². The highest BCUT2D eigenvalue weighted by Crippen LogP contribution is 2.44. The molecule has 3 rings (SSSR count). The van der Waals surface area contributed by atoms with Crippen LogP contribution in [0.3, 0.4) is 0 Å². The largest absolute Gasteiger partial charge is 0.493 e. The number of methoxy groups -OCH3 is 2. The maximum atomic E-state index is 11.5. The third-order valence-corrected chi connectivity index (χ3v) is 2.89. The lowest BCUT2D eigenvalue weighted by Gasteiger charge is -2.16. The van der Waals surface area contributed by atoms with Gasteiger partial charge in [0, 0.05) is 11.6 Å². The summed E-state index contributed by atoms with van der Waals surface area (Å²) in [6.07, 6.45) is 1.92. The fourth-order valence-corrected chi connectivity index (χ4v) is 2.18. The summed E-state index contributed by atoms with van der Waals surface area (Å²) in [7, 11) is 3.11. The SMILES string of the molecule is COc1cc2c3c(coc3c1OC)CC(=O)N2. The van der Waals surface area contributed by atoms with E-state index < -0.39 is 0 Å². The molecule has 0 aliphatic carbocycles. The Labute approximate surface area is 97.3 Å². The topological polar surface area (TPSA) is 60.7 Å². The zero-order valence-corrected chi connectivity index (χ0v) is 9.49. The van der Waals surface area contributed by atoms with Crippen molar-refractivity contribution in [2.45, 2.75) is 6.42 Å². The van der Waals surface area contributed by atoms with Crippen LogP contribution in [0, 0.1) is 0 Å². The Morgan fingerprint density at radius 1 is 1.35 bits per heavy atom. The van der Waals surface area contributed by atoms with E-state index in [0.717, 1.165) is 10.9 Å². The third kappa shape index (κ3) is 1.28. The molecular weight excluding hydrogens is 222 g/mol. The van der Waals surface area contributed by atoms with Crippen LogP contribution >= 0.6 is 0 Å². The average molecular weight is 233 g/mol. The number of anilines is 1. The molecule has 1 aromatic heterocycles. The van der Waals surface area contributed by atoms with E-state index in [-0.39, 0.29) is 5.91 Å². The molecule has 1 aromatic carbocycles. The maximum Gasteiger partial charge on any atom is 0.228 e. The third-order valence-electron chi connectivity index (χ3n) is 2.89. The lowest BCUT2D eigenvalue weighted by atomic mass is 10.0. The number of carbonyl (C=O) groups is 1. The van der Waals surface area contributed by atoms with Gasteiger partial charge in [-0.2, -0.15) is 0 Å². The molecule has 0 atom stereocenters. The molecule has 1 aliphatic heterocycles. The summed E-state index contributed by atoms with van der Waals surface area (Å²) in [4.78, 5) is 11.5. The van der Waals surface area contributed by atoms with Crippen LogP contribution in [-0.2, 0) is 11.2 Å². The molecule has 0 saturated heterocycles. The Morgan fingerprint density at radius 2 is 2.18 bits per heavy atom. The Morgan fingerprint density at radius 3 is 2.88 bits per heavy atom. The van der Waals surface area contributed by atoms with E-state index in [1.165, 1.54) is 0 Å². The van der Waals surface area contributed by atoms with Crippen LogP contribution in [0.5, 0.6) is 11.5 Å². The highest BCUT2D eigenvalue weighted by Gasteiger charge is 2.25. The quantitative estimate of drug-likeness (QED) is 0.861. The lowest BCUT2D eigenvalue weighted by molar-refractivity contribution is -0.115. The van der Waals surface area contributed by atoms with E-state index >= 15 is 0 Å². The number of nitrogens with one attached hydrogen (secondary N) is 1. The van der Waals surface area contributed by atoms with Crippen LogP contribution in [0.1, 0.15) is 5.56 Å². The van der Waals surface area contributed by atoms with E-state index in [0.29, 0.717) is 29.2 Å². The molecule has 2 heterocycles. The van der Waals surface area contributed by atoms with Gasteiger partial charge in [0.25, 0.3) is 0 Å². The van der Waals surface area contributed by atoms with Gasteiger partial charge in [-0.3, -0.25) is 4.79 Å². The van der Waals surface area contributed by atoms with Crippen LogP contribution < -0.4 is 14.8 Å². The molecule has 0 radical (unpaired) electrons. The van der Waals surface area contributed by atoms with Gasteiger partial charge in [-0.25, -0.2) is 0 Å². The zero-order chi connectivity index (χ0) is 12.0. The van der Waals surface area contributed by atoms with Gasteiger partial charge in [0.05, 0.1) is 38.0 Å². The number of amides is 1. The number of hydrogen-bond donors (Lipinski definition) is 1. The van der Waals surface area contributed by atoms with Crippen molar-refractivity contribution >= 4 is 22.6 Å². The number of ether oxygens (including phenoxy) is 2.